The van der Waals surface area contributed by atoms with Gasteiger partial charge in [-0.25, -0.2) is 0 Å². The molecule has 0 spiro atoms. The second kappa shape index (κ2) is 53.1. The van der Waals surface area contributed by atoms with E-state index < -0.39 is 12.1 Å². The number of carbonyl (C=O) groups is 3. The second-order valence-corrected chi connectivity index (χ2v) is 15.9. The SMILES string of the molecule is CC\C=C/C=C\C=C/C=C\C=C/CCCCCC(=O)OCC(COC(=O)CCCCC\C=C/C=C/C=C\C=C/C=C\C=C/CC)OC(=O)CCC/C=C\C/C=C\C/C=C\C/C=C\CCCCC. The van der Waals surface area contributed by atoms with Gasteiger partial charge < -0.3 is 14.2 Å². The minimum atomic E-state index is -0.854. The van der Waals surface area contributed by atoms with Crippen molar-refractivity contribution >= 4 is 17.9 Å². The molecule has 67 heavy (non-hydrogen) atoms. The van der Waals surface area contributed by atoms with E-state index in [9.17, 15) is 14.4 Å². The minimum Gasteiger partial charge on any atom is -0.462 e. The van der Waals surface area contributed by atoms with Crippen LogP contribution in [0.5, 0.6) is 0 Å². The molecular weight excluding hydrogens is 829 g/mol. The van der Waals surface area contributed by atoms with E-state index in [0.29, 0.717) is 19.3 Å². The molecule has 0 saturated heterocycles. The minimum absolute atomic E-state index is 0.147. The highest BCUT2D eigenvalue weighted by Crippen LogP contribution is 2.10. The fourth-order valence-corrected chi connectivity index (χ4v) is 5.90. The average molecular weight is 917 g/mol. The van der Waals surface area contributed by atoms with Crippen LogP contribution in [0, 0.1) is 0 Å². The van der Waals surface area contributed by atoms with Crippen molar-refractivity contribution < 1.29 is 28.6 Å². The van der Waals surface area contributed by atoms with Gasteiger partial charge in [-0.2, -0.15) is 0 Å². The zero-order chi connectivity index (χ0) is 48.6. The van der Waals surface area contributed by atoms with E-state index in [1.54, 1.807) is 0 Å². The van der Waals surface area contributed by atoms with E-state index in [1.807, 2.05) is 109 Å². The Bertz CT molecular complexity index is 1670. The van der Waals surface area contributed by atoms with E-state index in [1.165, 1.54) is 25.7 Å². The zero-order valence-electron chi connectivity index (χ0n) is 41.8. The Balaban J connectivity index is 4.71. The molecule has 0 aliphatic heterocycles. The van der Waals surface area contributed by atoms with Gasteiger partial charge in [0.15, 0.2) is 6.10 Å². The lowest BCUT2D eigenvalue weighted by atomic mass is 10.1. The molecular formula is C61H88O6. The number of hydrogen-bond donors (Lipinski definition) is 0. The molecule has 0 bridgehead atoms. The Kier molecular flexibility index (Phi) is 48.8. The molecule has 6 heteroatoms. The van der Waals surface area contributed by atoms with Crippen LogP contribution in [0.1, 0.15) is 162 Å². The van der Waals surface area contributed by atoms with E-state index >= 15 is 0 Å². The first-order valence-corrected chi connectivity index (χ1v) is 25.4. The maximum Gasteiger partial charge on any atom is 0.306 e. The lowest BCUT2D eigenvalue weighted by molar-refractivity contribution is -0.167. The molecule has 0 radical (unpaired) electrons. The van der Waals surface area contributed by atoms with Gasteiger partial charge in [0.05, 0.1) is 0 Å². The normalized spacial score (nSPS) is 13.7. The Morgan fingerprint density at radius 3 is 1.06 bits per heavy atom. The summed E-state index contributed by atoms with van der Waals surface area (Å²) in [7, 11) is 0. The maximum atomic E-state index is 12.8. The van der Waals surface area contributed by atoms with Crippen molar-refractivity contribution in [2.75, 3.05) is 13.2 Å². The van der Waals surface area contributed by atoms with Crippen LogP contribution in [0.3, 0.4) is 0 Å². The van der Waals surface area contributed by atoms with Crippen LogP contribution in [0.2, 0.25) is 0 Å². The van der Waals surface area contributed by atoms with Gasteiger partial charge in [0, 0.05) is 19.3 Å². The number of hydrogen-bond acceptors (Lipinski definition) is 6. The summed E-state index contributed by atoms with van der Waals surface area (Å²) in [4.78, 5) is 38.0. The number of rotatable bonds is 42. The lowest BCUT2D eigenvalue weighted by Crippen LogP contribution is -2.30. The molecule has 0 aromatic rings. The molecule has 0 saturated carbocycles. The van der Waals surface area contributed by atoms with Crippen LogP contribution < -0.4 is 0 Å². The van der Waals surface area contributed by atoms with E-state index in [-0.39, 0.29) is 44.4 Å². The summed E-state index contributed by atoms with van der Waals surface area (Å²) >= 11 is 0. The quantitative estimate of drug-likeness (QED) is 0.0200. The van der Waals surface area contributed by atoms with Gasteiger partial charge in [0.1, 0.15) is 13.2 Å². The third-order valence-electron chi connectivity index (χ3n) is 9.66. The standard InChI is InChI=1S/C61H88O6/c1-4-7-10-13-16-19-22-25-28-30-33-36-39-42-45-48-51-54-60(63)66-57-58(56-65-59(62)53-50-47-44-41-38-35-32-27-24-21-18-15-12-9-6-3)67-61(64)55-52-49-46-43-40-37-34-31-29-26-23-20-17-14-11-8-5-2/h7,9-10,12-13,15-22,24-30,32-39,43,46,58H,4-6,8,11,14,23,31,40-42,44-45,47-57H2,1-3H3/b10-7-,12-9-,16-13-,18-15-,20-17-,22-19-,24-21-,28-25-,29-26-,32-27-,33-30+,37-34-,38-35-,39-36-,46-43-. The predicted octanol–water partition coefficient (Wildman–Crippen LogP) is 17.0. The van der Waals surface area contributed by atoms with Crippen LogP contribution in [0.4, 0.5) is 0 Å². The molecule has 0 aromatic heterocycles. The molecule has 0 fully saturated rings. The lowest BCUT2D eigenvalue weighted by Gasteiger charge is -2.18. The molecule has 0 aromatic carbocycles. The smallest absolute Gasteiger partial charge is 0.306 e. The fourth-order valence-electron chi connectivity index (χ4n) is 5.90. The van der Waals surface area contributed by atoms with Gasteiger partial charge in [0.25, 0.3) is 0 Å². The summed E-state index contributed by atoms with van der Waals surface area (Å²) in [5.41, 5.74) is 0. The molecule has 0 N–H and O–H groups in total. The monoisotopic (exact) mass is 917 g/mol. The van der Waals surface area contributed by atoms with Crippen molar-refractivity contribution in [3.63, 3.8) is 0 Å². The summed E-state index contributed by atoms with van der Waals surface area (Å²) in [6.45, 7) is 6.16. The van der Waals surface area contributed by atoms with Crippen LogP contribution in [0.25, 0.3) is 0 Å². The molecule has 1 atom stereocenters. The van der Waals surface area contributed by atoms with Crippen LogP contribution in [-0.2, 0) is 28.6 Å². The topological polar surface area (TPSA) is 78.9 Å². The van der Waals surface area contributed by atoms with Crippen LogP contribution >= 0.6 is 0 Å². The van der Waals surface area contributed by atoms with Gasteiger partial charge in [-0.1, -0.05) is 229 Å². The first kappa shape index (κ1) is 61.5. The zero-order valence-corrected chi connectivity index (χ0v) is 41.8. The Hall–Kier alpha value is -5.49. The first-order chi connectivity index (χ1) is 33.0. The molecule has 0 amide bonds. The number of esters is 3. The number of unbranched alkanes of at least 4 members (excludes halogenated alkanes) is 10. The van der Waals surface area contributed by atoms with Gasteiger partial charge in [-0.15, -0.1) is 0 Å². The van der Waals surface area contributed by atoms with Crippen LogP contribution in [-0.4, -0.2) is 37.2 Å². The summed E-state index contributed by atoms with van der Waals surface area (Å²) in [6.07, 6.45) is 80.1. The largest absolute Gasteiger partial charge is 0.462 e. The van der Waals surface area contributed by atoms with Crippen molar-refractivity contribution in [1.82, 2.24) is 0 Å². The number of carbonyl (C=O) groups excluding carboxylic acids is 3. The molecule has 368 valence electrons. The molecule has 0 aliphatic carbocycles. The van der Waals surface area contributed by atoms with Crippen molar-refractivity contribution in [2.45, 2.75) is 168 Å². The highest BCUT2D eigenvalue weighted by Gasteiger charge is 2.19. The highest BCUT2D eigenvalue weighted by molar-refractivity contribution is 5.71. The van der Waals surface area contributed by atoms with E-state index in [4.69, 9.17) is 14.2 Å². The maximum absolute atomic E-state index is 12.8. The second-order valence-electron chi connectivity index (χ2n) is 15.9. The van der Waals surface area contributed by atoms with Crippen molar-refractivity contribution in [2.24, 2.45) is 0 Å². The Labute approximate surface area is 408 Å². The van der Waals surface area contributed by atoms with Gasteiger partial charge in [-0.05, 0) is 96.3 Å². The van der Waals surface area contributed by atoms with E-state index in [0.717, 1.165) is 77.0 Å². The predicted molar refractivity (Wildman–Crippen MR) is 287 cm³/mol. The third kappa shape index (κ3) is 51.4. The van der Waals surface area contributed by atoms with Gasteiger partial charge in [-0.3, -0.25) is 14.4 Å². The van der Waals surface area contributed by atoms with Crippen molar-refractivity contribution in [3.05, 3.63) is 182 Å². The number of ether oxygens (including phenoxy) is 3. The van der Waals surface area contributed by atoms with E-state index in [2.05, 4.69) is 93.7 Å². The number of allylic oxidation sites excluding steroid dienone is 30. The summed E-state index contributed by atoms with van der Waals surface area (Å²) in [6, 6.07) is 0. The fraction of sp³-hybridized carbons (Fsp3) is 0.459. The molecule has 0 heterocycles. The highest BCUT2D eigenvalue weighted by atomic mass is 16.6. The van der Waals surface area contributed by atoms with Crippen molar-refractivity contribution in [3.8, 4) is 0 Å². The van der Waals surface area contributed by atoms with Gasteiger partial charge >= 0.3 is 17.9 Å². The third-order valence-corrected chi connectivity index (χ3v) is 9.66. The summed E-state index contributed by atoms with van der Waals surface area (Å²) in [5, 5.41) is 0. The summed E-state index contributed by atoms with van der Waals surface area (Å²) < 4.78 is 16.7. The molecule has 6 nitrogen and oxygen atoms in total. The molecule has 0 rings (SSSR count). The Morgan fingerprint density at radius 1 is 0.328 bits per heavy atom. The van der Waals surface area contributed by atoms with Crippen LogP contribution in [0.15, 0.2) is 182 Å². The molecule has 0 aliphatic rings. The summed E-state index contributed by atoms with van der Waals surface area (Å²) in [5.74, 6) is -1.11. The Morgan fingerprint density at radius 2 is 0.657 bits per heavy atom. The van der Waals surface area contributed by atoms with Crippen molar-refractivity contribution in [1.29, 1.82) is 0 Å². The first-order valence-electron chi connectivity index (χ1n) is 25.4. The average Bonchev–Trinajstić information content (AvgIpc) is 3.33. The van der Waals surface area contributed by atoms with Gasteiger partial charge in [0.2, 0.25) is 0 Å². The molecule has 1 unspecified atom stereocenters.